The summed E-state index contributed by atoms with van der Waals surface area (Å²) in [5, 5.41) is 16.3. The first-order valence-corrected chi connectivity index (χ1v) is 9.11. The van der Waals surface area contributed by atoms with Crippen LogP contribution in [-0.2, 0) is 26.2 Å². The van der Waals surface area contributed by atoms with Crippen LogP contribution in [0.5, 0.6) is 5.75 Å². The van der Waals surface area contributed by atoms with Crippen LogP contribution in [-0.4, -0.2) is 64.6 Å². The number of hydrogen-bond donors (Lipinski definition) is 2. The molecule has 0 spiro atoms. The van der Waals surface area contributed by atoms with Crippen LogP contribution < -0.4 is 10.1 Å². The summed E-state index contributed by atoms with van der Waals surface area (Å²) in [5.74, 6) is 0.780. The van der Waals surface area contributed by atoms with Gasteiger partial charge in [0.25, 0.3) is 0 Å². The van der Waals surface area contributed by atoms with Crippen LogP contribution in [0, 0.1) is 0 Å². The molecule has 0 radical (unpaired) electrons. The number of ether oxygens (including phenoxy) is 1. The first kappa shape index (κ1) is 19.2. The lowest BCUT2D eigenvalue weighted by molar-refractivity contribution is 0.198. The summed E-state index contributed by atoms with van der Waals surface area (Å²) in [6.07, 6.45) is 0. The molecule has 2 amide bonds. The van der Waals surface area contributed by atoms with Gasteiger partial charge in [-0.15, -0.1) is 0 Å². The van der Waals surface area contributed by atoms with Crippen molar-refractivity contribution in [2.75, 3.05) is 33.9 Å². The highest BCUT2D eigenvalue weighted by Gasteiger charge is 2.19. The summed E-state index contributed by atoms with van der Waals surface area (Å²) in [6, 6.07) is 9.92. The predicted octanol–water partition coefficient (Wildman–Crippen LogP) is 1.04. The van der Waals surface area contributed by atoms with Crippen molar-refractivity contribution in [3.63, 3.8) is 0 Å². The van der Waals surface area contributed by atoms with E-state index < -0.39 is 0 Å². The van der Waals surface area contributed by atoms with Crippen molar-refractivity contribution in [2.45, 2.75) is 26.2 Å². The van der Waals surface area contributed by atoms with Crippen LogP contribution >= 0.6 is 0 Å². The quantitative estimate of drug-likeness (QED) is 0.758. The van der Waals surface area contributed by atoms with Gasteiger partial charge in [-0.05, 0) is 23.8 Å². The first-order valence-electron chi connectivity index (χ1n) is 9.11. The maximum atomic E-state index is 11.7. The second-order valence-corrected chi connectivity index (χ2v) is 6.83. The lowest BCUT2D eigenvalue weighted by atomic mass is 10.2. The number of aliphatic hydroxyl groups excluding tert-OH is 1. The van der Waals surface area contributed by atoms with Crippen molar-refractivity contribution in [2.24, 2.45) is 0 Å². The highest BCUT2D eigenvalue weighted by atomic mass is 16.5. The summed E-state index contributed by atoms with van der Waals surface area (Å²) in [4.78, 5) is 15.5. The summed E-state index contributed by atoms with van der Waals surface area (Å²) in [6.45, 7) is 4.14. The zero-order chi connectivity index (χ0) is 19.2. The molecule has 0 fully saturated rings. The average Bonchev–Trinajstić information content (AvgIpc) is 3.06. The van der Waals surface area contributed by atoms with E-state index in [2.05, 4.69) is 27.4 Å². The van der Waals surface area contributed by atoms with E-state index in [1.807, 2.05) is 22.9 Å². The molecule has 0 saturated carbocycles. The number of hydrogen-bond acceptors (Lipinski definition) is 5. The molecular formula is C19H27N5O3. The number of carbonyl (C=O) groups excluding carboxylic acids is 1. The van der Waals surface area contributed by atoms with Gasteiger partial charge in [-0.25, -0.2) is 4.79 Å². The highest BCUT2D eigenvalue weighted by molar-refractivity contribution is 5.73. The normalized spacial score (nSPS) is 13.9. The van der Waals surface area contributed by atoms with Crippen molar-refractivity contribution in [3.8, 4) is 5.75 Å². The van der Waals surface area contributed by atoms with Gasteiger partial charge < -0.3 is 20.1 Å². The standard InChI is InChI=1S/C19H27N5O3/c1-22(2)19(26)20-12-16-11-17-14-23(6-7-24(17)21-16)13-15-4-3-5-18(10-15)27-9-8-25/h3-5,10-11,25H,6-9,12-14H2,1-2H3,(H,20,26). The fraction of sp³-hybridized carbons (Fsp3) is 0.474. The topological polar surface area (TPSA) is 82.9 Å². The Bertz CT molecular complexity index is 774. The van der Waals surface area contributed by atoms with Crippen molar-refractivity contribution in [1.29, 1.82) is 0 Å². The SMILES string of the molecule is CN(C)C(=O)NCc1cc2n(n1)CCN(Cc1cccc(OCCO)c1)C2. The van der Waals surface area contributed by atoms with Gasteiger partial charge in [0.15, 0.2) is 0 Å². The van der Waals surface area contributed by atoms with Gasteiger partial charge >= 0.3 is 6.03 Å². The number of fused-ring (bicyclic) bond motifs is 1. The Morgan fingerprint density at radius 2 is 2.19 bits per heavy atom. The number of nitrogens with one attached hydrogen (secondary N) is 1. The van der Waals surface area contributed by atoms with Crippen molar-refractivity contribution in [3.05, 3.63) is 47.3 Å². The molecule has 8 heteroatoms. The molecule has 146 valence electrons. The van der Waals surface area contributed by atoms with Crippen molar-refractivity contribution >= 4 is 6.03 Å². The fourth-order valence-electron chi connectivity index (χ4n) is 3.08. The molecule has 1 aliphatic heterocycles. The second-order valence-electron chi connectivity index (χ2n) is 6.83. The van der Waals surface area contributed by atoms with Crippen molar-refractivity contribution < 1.29 is 14.6 Å². The molecule has 1 aromatic heterocycles. The Morgan fingerprint density at radius 3 is 2.96 bits per heavy atom. The van der Waals surface area contributed by atoms with E-state index in [1.54, 1.807) is 14.1 Å². The van der Waals surface area contributed by atoms with E-state index in [-0.39, 0.29) is 12.6 Å². The number of nitrogens with zero attached hydrogens (tertiary/aromatic N) is 4. The molecule has 1 aliphatic rings. The molecule has 0 bridgehead atoms. The molecule has 2 aromatic rings. The Balaban J connectivity index is 1.57. The van der Waals surface area contributed by atoms with E-state index in [0.717, 1.165) is 43.3 Å². The van der Waals surface area contributed by atoms with Crippen LogP contribution in [0.3, 0.4) is 0 Å². The molecule has 0 unspecified atom stereocenters. The molecule has 0 aliphatic carbocycles. The monoisotopic (exact) mass is 373 g/mol. The fourth-order valence-corrected chi connectivity index (χ4v) is 3.08. The summed E-state index contributed by atoms with van der Waals surface area (Å²) < 4.78 is 7.51. The average molecular weight is 373 g/mol. The number of aromatic nitrogens is 2. The molecular weight excluding hydrogens is 346 g/mol. The Morgan fingerprint density at radius 1 is 1.33 bits per heavy atom. The molecule has 8 nitrogen and oxygen atoms in total. The van der Waals surface area contributed by atoms with Crippen LogP contribution in [0.2, 0.25) is 0 Å². The van der Waals surface area contributed by atoms with Crippen LogP contribution in [0.4, 0.5) is 4.79 Å². The van der Waals surface area contributed by atoms with Gasteiger partial charge in [0.05, 0.1) is 31.1 Å². The Labute approximate surface area is 159 Å². The van der Waals surface area contributed by atoms with Gasteiger partial charge in [-0.1, -0.05) is 12.1 Å². The first-order chi connectivity index (χ1) is 13.0. The number of carbonyl (C=O) groups is 1. The van der Waals surface area contributed by atoms with Gasteiger partial charge in [0.2, 0.25) is 0 Å². The van der Waals surface area contributed by atoms with Crippen LogP contribution in [0.25, 0.3) is 0 Å². The van der Waals surface area contributed by atoms with E-state index in [0.29, 0.717) is 13.2 Å². The Hall–Kier alpha value is -2.58. The molecule has 2 N–H and O–H groups in total. The minimum absolute atomic E-state index is 0.0116. The van der Waals surface area contributed by atoms with Crippen LogP contribution in [0.15, 0.2) is 30.3 Å². The van der Waals surface area contributed by atoms with Gasteiger partial charge in [0.1, 0.15) is 12.4 Å². The van der Waals surface area contributed by atoms with E-state index >= 15 is 0 Å². The van der Waals surface area contributed by atoms with E-state index in [1.165, 1.54) is 10.5 Å². The third kappa shape index (κ3) is 5.21. The summed E-state index contributed by atoms with van der Waals surface area (Å²) in [7, 11) is 3.44. The maximum absolute atomic E-state index is 11.7. The third-order valence-corrected chi connectivity index (χ3v) is 4.42. The number of aliphatic hydroxyl groups is 1. The molecule has 27 heavy (non-hydrogen) atoms. The van der Waals surface area contributed by atoms with Gasteiger partial charge in [-0.3, -0.25) is 9.58 Å². The number of benzene rings is 1. The molecule has 2 heterocycles. The lowest BCUT2D eigenvalue weighted by Gasteiger charge is -2.27. The number of rotatable bonds is 7. The highest BCUT2D eigenvalue weighted by Crippen LogP contribution is 2.19. The number of amides is 2. The maximum Gasteiger partial charge on any atom is 0.317 e. The zero-order valence-corrected chi connectivity index (χ0v) is 15.9. The zero-order valence-electron chi connectivity index (χ0n) is 15.9. The molecule has 0 atom stereocenters. The Kier molecular flexibility index (Phi) is 6.31. The van der Waals surface area contributed by atoms with Gasteiger partial charge in [0, 0.05) is 33.7 Å². The second kappa shape index (κ2) is 8.88. The van der Waals surface area contributed by atoms with Gasteiger partial charge in [-0.2, -0.15) is 5.10 Å². The van der Waals surface area contributed by atoms with E-state index in [9.17, 15) is 4.79 Å². The summed E-state index contributed by atoms with van der Waals surface area (Å²) in [5.41, 5.74) is 3.21. The lowest BCUT2D eigenvalue weighted by Crippen LogP contribution is -2.34. The minimum atomic E-state index is -0.120. The van der Waals surface area contributed by atoms with E-state index in [4.69, 9.17) is 9.84 Å². The van der Waals surface area contributed by atoms with Crippen LogP contribution in [0.1, 0.15) is 17.0 Å². The number of urea groups is 1. The largest absolute Gasteiger partial charge is 0.491 e. The molecule has 0 saturated heterocycles. The van der Waals surface area contributed by atoms with Crippen molar-refractivity contribution in [1.82, 2.24) is 24.9 Å². The smallest absolute Gasteiger partial charge is 0.317 e. The predicted molar refractivity (Wildman–Crippen MR) is 101 cm³/mol. The summed E-state index contributed by atoms with van der Waals surface area (Å²) >= 11 is 0. The molecule has 1 aromatic carbocycles. The third-order valence-electron chi connectivity index (χ3n) is 4.42. The molecule has 3 rings (SSSR count). The minimum Gasteiger partial charge on any atom is -0.491 e.